The van der Waals surface area contributed by atoms with Gasteiger partial charge in [0.05, 0.1) is 12.3 Å². The van der Waals surface area contributed by atoms with E-state index < -0.39 is 5.97 Å². The van der Waals surface area contributed by atoms with E-state index in [4.69, 9.17) is 9.84 Å². The molecule has 0 atom stereocenters. The number of aliphatic carboxylic acids is 1. The molecule has 1 rings (SSSR count). The van der Waals surface area contributed by atoms with Gasteiger partial charge < -0.3 is 9.84 Å². The molecule has 0 fully saturated rings. The van der Waals surface area contributed by atoms with Crippen LogP contribution in [0.3, 0.4) is 0 Å². The molecule has 84 valence electrons. The molecule has 0 spiro atoms. The first-order valence-corrected chi connectivity index (χ1v) is 4.75. The Labute approximate surface area is 92.4 Å². The molecule has 0 aromatic heterocycles. The first kappa shape index (κ1) is 11.9. The van der Waals surface area contributed by atoms with Gasteiger partial charge in [0.2, 0.25) is 6.08 Å². The number of carboxylic acid groups (broad SMARTS) is 1. The normalized spacial score (nSPS) is 9.25. The predicted molar refractivity (Wildman–Crippen MR) is 56.6 cm³/mol. The molecule has 0 aliphatic heterocycles. The molecule has 0 saturated heterocycles. The summed E-state index contributed by atoms with van der Waals surface area (Å²) >= 11 is 0. The average Bonchev–Trinajstić information content (AvgIpc) is 2.27. The highest BCUT2D eigenvalue weighted by atomic mass is 16.5. The first-order valence-electron chi connectivity index (χ1n) is 4.75. The highest BCUT2D eigenvalue weighted by molar-refractivity contribution is 5.66. The van der Waals surface area contributed by atoms with Crippen molar-refractivity contribution >= 4 is 17.7 Å². The van der Waals surface area contributed by atoms with Crippen LogP contribution < -0.4 is 4.74 Å². The lowest BCUT2D eigenvalue weighted by Gasteiger charge is -2.04. The van der Waals surface area contributed by atoms with Crippen molar-refractivity contribution in [2.24, 2.45) is 4.99 Å². The summed E-state index contributed by atoms with van der Waals surface area (Å²) in [5.41, 5.74) is 0.507. The molecule has 0 heterocycles. The van der Waals surface area contributed by atoms with Crippen molar-refractivity contribution in [2.75, 3.05) is 6.61 Å². The summed E-state index contributed by atoms with van der Waals surface area (Å²) in [6.07, 6.45) is 1.99. The Morgan fingerprint density at radius 3 is 2.62 bits per heavy atom. The van der Waals surface area contributed by atoms with E-state index in [1.807, 2.05) is 0 Å². The van der Waals surface area contributed by atoms with Crippen molar-refractivity contribution < 1.29 is 19.4 Å². The van der Waals surface area contributed by atoms with Gasteiger partial charge in [0, 0.05) is 6.42 Å². The maximum absolute atomic E-state index is 10.2. The summed E-state index contributed by atoms with van der Waals surface area (Å²) in [6, 6.07) is 6.57. The van der Waals surface area contributed by atoms with Crippen molar-refractivity contribution in [2.45, 2.75) is 12.8 Å². The second kappa shape index (κ2) is 6.37. The Hall–Kier alpha value is -2.13. The number of isocyanates is 1. The van der Waals surface area contributed by atoms with Crippen LogP contribution in [0.5, 0.6) is 5.75 Å². The SMILES string of the molecule is O=C=Nc1ccc(OCCCC(=O)O)cc1. The minimum absolute atomic E-state index is 0.0908. The molecule has 0 radical (unpaired) electrons. The van der Waals surface area contributed by atoms with Crippen LogP contribution in [0.1, 0.15) is 12.8 Å². The number of carbonyl (C=O) groups is 1. The van der Waals surface area contributed by atoms with E-state index >= 15 is 0 Å². The Morgan fingerprint density at radius 1 is 1.38 bits per heavy atom. The van der Waals surface area contributed by atoms with Gasteiger partial charge in [-0.3, -0.25) is 4.79 Å². The molecule has 1 aromatic carbocycles. The van der Waals surface area contributed by atoms with Crippen LogP contribution in [-0.4, -0.2) is 23.8 Å². The number of benzene rings is 1. The number of nitrogens with zero attached hydrogens (tertiary/aromatic N) is 1. The number of carbonyl (C=O) groups excluding carboxylic acids is 1. The van der Waals surface area contributed by atoms with Crippen molar-refractivity contribution in [1.82, 2.24) is 0 Å². The topological polar surface area (TPSA) is 76.0 Å². The fraction of sp³-hybridized carbons (Fsp3) is 0.273. The summed E-state index contributed by atoms with van der Waals surface area (Å²) in [4.78, 5) is 23.6. The van der Waals surface area contributed by atoms with Gasteiger partial charge in [-0.1, -0.05) is 0 Å². The summed E-state index contributed by atoms with van der Waals surface area (Å²) in [7, 11) is 0. The van der Waals surface area contributed by atoms with Gasteiger partial charge in [-0.2, -0.15) is 4.99 Å². The third kappa shape index (κ3) is 4.39. The maximum Gasteiger partial charge on any atom is 0.303 e. The van der Waals surface area contributed by atoms with Crippen LogP contribution >= 0.6 is 0 Å². The van der Waals surface area contributed by atoms with E-state index in [0.29, 0.717) is 24.5 Å². The molecule has 0 saturated carbocycles. The summed E-state index contributed by atoms with van der Waals surface area (Å²) in [5.74, 6) is -0.213. The summed E-state index contributed by atoms with van der Waals surface area (Å²) in [5, 5.41) is 8.40. The fourth-order valence-electron chi connectivity index (χ4n) is 1.08. The molecule has 0 aliphatic carbocycles. The van der Waals surface area contributed by atoms with E-state index in [-0.39, 0.29) is 6.42 Å². The molecule has 0 amide bonds. The number of aliphatic imine (C=N–C) groups is 1. The summed E-state index contributed by atoms with van der Waals surface area (Å²) < 4.78 is 5.29. The van der Waals surface area contributed by atoms with Crippen molar-refractivity contribution in [3.63, 3.8) is 0 Å². The quantitative estimate of drug-likeness (QED) is 0.452. The number of ether oxygens (including phenoxy) is 1. The fourth-order valence-corrected chi connectivity index (χ4v) is 1.08. The van der Waals surface area contributed by atoms with Crippen LogP contribution in [0.2, 0.25) is 0 Å². The van der Waals surface area contributed by atoms with Crippen LogP contribution in [0.15, 0.2) is 29.3 Å². The van der Waals surface area contributed by atoms with E-state index in [1.165, 1.54) is 6.08 Å². The number of rotatable bonds is 6. The van der Waals surface area contributed by atoms with Gasteiger partial charge in [-0.25, -0.2) is 4.79 Å². The van der Waals surface area contributed by atoms with Gasteiger partial charge >= 0.3 is 5.97 Å². The second-order valence-electron chi connectivity index (χ2n) is 3.04. The molecule has 1 N–H and O–H groups in total. The third-order valence-electron chi connectivity index (χ3n) is 1.82. The minimum Gasteiger partial charge on any atom is -0.494 e. The van der Waals surface area contributed by atoms with Gasteiger partial charge in [0.25, 0.3) is 0 Å². The summed E-state index contributed by atoms with van der Waals surface area (Å²) in [6.45, 7) is 0.350. The molecule has 5 nitrogen and oxygen atoms in total. The van der Waals surface area contributed by atoms with Gasteiger partial charge in [-0.15, -0.1) is 0 Å². The monoisotopic (exact) mass is 221 g/mol. The molecule has 16 heavy (non-hydrogen) atoms. The Morgan fingerprint density at radius 2 is 2.06 bits per heavy atom. The van der Waals surface area contributed by atoms with Crippen LogP contribution in [-0.2, 0) is 9.59 Å². The van der Waals surface area contributed by atoms with Crippen LogP contribution in [0.25, 0.3) is 0 Å². The van der Waals surface area contributed by atoms with Crippen molar-refractivity contribution in [1.29, 1.82) is 0 Å². The second-order valence-corrected chi connectivity index (χ2v) is 3.04. The van der Waals surface area contributed by atoms with E-state index in [1.54, 1.807) is 24.3 Å². The number of hydrogen-bond donors (Lipinski definition) is 1. The molecule has 1 aromatic rings. The first-order chi connectivity index (χ1) is 7.72. The zero-order chi connectivity index (χ0) is 11.8. The van der Waals surface area contributed by atoms with Gasteiger partial charge in [-0.05, 0) is 30.7 Å². The van der Waals surface area contributed by atoms with Crippen LogP contribution in [0.4, 0.5) is 5.69 Å². The van der Waals surface area contributed by atoms with E-state index in [9.17, 15) is 9.59 Å². The molecular formula is C11H11NO4. The Kier molecular flexibility index (Phi) is 4.76. The number of carboxylic acids is 1. The highest BCUT2D eigenvalue weighted by Gasteiger charge is 1.98. The van der Waals surface area contributed by atoms with E-state index in [2.05, 4.69) is 4.99 Å². The van der Waals surface area contributed by atoms with E-state index in [0.717, 1.165) is 0 Å². The zero-order valence-electron chi connectivity index (χ0n) is 8.55. The average molecular weight is 221 g/mol. The lowest BCUT2D eigenvalue weighted by Crippen LogP contribution is -2.01. The Balaban J connectivity index is 2.37. The molecule has 0 bridgehead atoms. The van der Waals surface area contributed by atoms with Crippen molar-refractivity contribution in [3.05, 3.63) is 24.3 Å². The van der Waals surface area contributed by atoms with Crippen molar-refractivity contribution in [3.8, 4) is 5.75 Å². The minimum atomic E-state index is -0.834. The van der Waals surface area contributed by atoms with Gasteiger partial charge in [0.15, 0.2) is 0 Å². The Bertz CT molecular complexity index is 393. The van der Waals surface area contributed by atoms with Gasteiger partial charge in [0.1, 0.15) is 5.75 Å². The smallest absolute Gasteiger partial charge is 0.303 e. The van der Waals surface area contributed by atoms with Crippen LogP contribution in [0, 0.1) is 0 Å². The number of hydrogen-bond acceptors (Lipinski definition) is 4. The highest BCUT2D eigenvalue weighted by Crippen LogP contribution is 2.17. The molecular weight excluding hydrogens is 210 g/mol. The predicted octanol–water partition coefficient (Wildman–Crippen LogP) is 1.90. The largest absolute Gasteiger partial charge is 0.494 e. The standard InChI is InChI=1S/C11H11NO4/c13-8-12-9-3-5-10(6-4-9)16-7-1-2-11(14)15/h3-6H,1-2,7H2,(H,14,15). The lowest BCUT2D eigenvalue weighted by molar-refractivity contribution is -0.137. The molecule has 5 heteroatoms. The molecule has 0 aliphatic rings. The zero-order valence-corrected chi connectivity index (χ0v) is 8.55. The molecule has 0 unspecified atom stereocenters. The lowest BCUT2D eigenvalue weighted by atomic mass is 10.3. The maximum atomic E-state index is 10.2. The third-order valence-corrected chi connectivity index (χ3v) is 1.82.